The van der Waals surface area contributed by atoms with E-state index in [1.54, 1.807) is 0 Å². The summed E-state index contributed by atoms with van der Waals surface area (Å²) in [5, 5.41) is 0. The van der Waals surface area contributed by atoms with Crippen LogP contribution in [0.3, 0.4) is 0 Å². The van der Waals surface area contributed by atoms with Gasteiger partial charge in [-0.25, -0.2) is 0 Å². The van der Waals surface area contributed by atoms with Crippen molar-refractivity contribution >= 4 is 11.7 Å². The molecule has 0 aromatic rings. The Morgan fingerprint density at radius 2 is 1.56 bits per heavy atom. The first-order valence-electron chi connectivity index (χ1n) is 6.82. The second-order valence-corrected chi connectivity index (χ2v) is 6.55. The monoisotopic (exact) mass is 254 g/mol. The summed E-state index contributed by atoms with van der Waals surface area (Å²) in [5.74, 6) is -0.145. The molecular formula is C14H26N2O2. The topological polar surface area (TPSA) is 86.2 Å². The number of ketones is 1. The van der Waals surface area contributed by atoms with Gasteiger partial charge in [-0.2, -0.15) is 0 Å². The molecule has 0 aromatic carbocycles. The van der Waals surface area contributed by atoms with E-state index < -0.39 is 6.04 Å². The van der Waals surface area contributed by atoms with Crippen molar-refractivity contribution in [3.63, 3.8) is 0 Å². The zero-order chi connectivity index (χ0) is 13.9. The molecule has 0 aromatic heterocycles. The van der Waals surface area contributed by atoms with E-state index in [1.165, 1.54) is 0 Å². The van der Waals surface area contributed by atoms with E-state index in [2.05, 4.69) is 0 Å². The average molecular weight is 254 g/mol. The largest absolute Gasteiger partial charge is 0.369 e. The van der Waals surface area contributed by atoms with E-state index in [-0.39, 0.29) is 28.9 Å². The molecule has 1 aliphatic carbocycles. The smallest absolute Gasteiger partial charge is 0.220 e. The maximum Gasteiger partial charge on any atom is 0.220 e. The van der Waals surface area contributed by atoms with Crippen molar-refractivity contribution in [3.05, 3.63) is 0 Å². The molecule has 1 rings (SSSR count). The van der Waals surface area contributed by atoms with Gasteiger partial charge >= 0.3 is 0 Å². The van der Waals surface area contributed by atoms with Crippen LogP contribution in [0.4, 0.5) is 0 Å². The molecule has 0 aliphatic heterocycles. The lowest BCUT2D eigenvalue weighted by atomic mass is 9.79. The minimum absolute atomic E-state index is 0.00331. The van der Waals surface area contributed by atoms with Crippen LogP contribution in [0.25, 0.3) is 0 Å². The maximum atomic E-state index is 12.3. The van der Waals surface area contributed by atoms with Gasteiger partial charge in [0.2, 0.25) is 5.91 Å². The highest BCUT2D eigenvalue weighted by Gasteiger charge is 2.34. The van der Waals surface area contributed by atoms with E-state index >= 15 is 0 Å². The fraction of sp³-hybridized carbons (Fsp3) is 0.857. The predicted octanol–water partition coefficient (Wildman–Crippen LogP) is 1.61. The molecule has 1 amide bonds. The van der Waals surface area contributed by atoms with Crippen LogP contribution in [0.1, 0.15) is 52.9 Å². The van der Waals surface area contributed by atoms with E-state index in [0.29, 0.717) is 0 Å². The maximum absolute atomic E-state index is 12.3. The van der Waals surface area contributed by atoms with Crippen LogP contribution in [0.2, 0.25) is 0 Å². The van der Waals surface area contributed by atoms with Crippen LogP contribution >= 0.6 is 0 Å². The third kappa shape index (κ3) is 3.80. The summed E-state index contributed by atoms with van der Waals surface area (Å²) in [6, 6.07) is -0.423. The molecule has 1 saturated carbocycles. The molecule has 4 nitrogen and oxygen atoms in total. The molecule has 0 bridgehead atoms. The van der Waals surface area contributed by atoms with Crippen molar-refractivity contribution in [3.8, 4) is 0 Å². The first kappa shape index (κ1) is 15.2. The Bertz CT molecular complexity index is 320. The molecule has 0 radical (unpaired) electrons. The molecule has 4 N–H and O–H groups in total. The van der Waals surface area contributed by atoms with Gasteiger partial charge in [0.05, 0.1) is 6.04 Å². The van der Waals surface area contributed by atoms with Crippen molar-refractivity contribution in [2.45, 2.75) is 58.9 Å². The number of hydrogen-bond donors (Lipinski definition) is 2. The van der Waals surface area contributed by atoms with Crippen molar-refractivity contribution in [2.75, 3.05) is 0 Å². The van der Waals surface area contributed by atoms with Crippen LogP contribution in [0.5, 0.6) is 0 Å². The van der Waals surface area contributed by atoms with Crippen molar-refractivity contribution in [1.82, 2.24) is 0 Å². The molecule has 4 heteroatoms. The average Bonchev–Trinajstić information content (AvgIpc) is 2.51. The number of primary amides is 1. The van der Waals surface area contributed by atoms with Gasteiger partial charge in [-0.15, -0.1) is 0 Å². The van der Waals surface area contributed by atoms with E-state index in [0.717, 1.165) is 32.1 Å². The van der Waals surface area contributed by atoms with Gasteiger partial charge in [0, 0.05) is 11.8 Å². The summed E-state index contributed by atoms with van der Waals surface area (Å²) in [7, 11) is 0. The molecule has 0 unspecified atom stereocenters. The minimum atomic E-state index is -0.423. The van der Waals surface area contributed by atoms with Gasteiger partial charge < -0.3 is 11.5 Å². The predicted molar refractivity (Wildman–Crippen MR) is 71.7 cm³/mol. The summed E-state index contributed by atoms with van der Waals surface area (Å²) in [5.41, 5.74) is 11.2. The molecule has 0 heterocycles. The van der Waals surface area contributed by atoms with Gasteiger partial charge in [0.15, 0.2) is 5.78 Å². The number of rotatable bonds is 3. The van der Waals surface area contributed by atoms with E-state index in [9.17, 15) is 9.59 Å². The lowest BCUT2D eigenvalue weighted by Crippen LogP contribution is -2.45. The van der Waals surface area contributed by atoms with Crippen molar-refractivity contribution in [1.29, 1.82) is 0 Å². The molecule has 1 fully saturated rings. The zero-order valence-corrected chi connectivity index (χ0v) is 11.7. The highest BCUT2D eigenvalue weighted by molar-refractivity contribution is 5.87. The Labute approximate surface area is 109 Å². The van der Waals surface area contributed by atoms with Gasteiger partial charge in [-0.3, -0.25) is 9.59 Å². The van der Waals surface area contributed by atoms with Gasteiger partial charge in [-0.1, -0.05) is 27.2 Å². The third-order valence-electron chi connectivity index (χ3n) is 4.01. The number of nitrogens with two attached hydrogens (primary N) is 2. The molecule has 0 spiro atoms. The first-order valence-corrected chi connectivity index (χ1v) is 6.82. The van der Waals surface area contributed by atoms with E-state index in [4.69, 9.17) is 11.5 Å². The van der Waals surface area contributed by atoms with Crippen LogP contribution in [0, 0.1) is 17.3 Å². The lowest BCUT2D eigenvalue weighted by molar-refractivity contribution is -0.127. The normalized spacial score (nSPS) is 27.3. The third-order valence-corrected chi connectivity index (χ3v) is 4.01. The summed E-state index contributed by atoms with van der Waals surface area (Å²) < 4.78 is 0. The summed E-state index contributed by atoms with van der Waals surface area (Å²) in [6.07, 6.45) is 4.01. The molecule has 104 valence electrons. The molecule has 1 aliphatic rings. The Morgan fingerprint density at radius 3 is 2.06 bits per heavy atom. The molecule has 18 heavy (non-hydrogen) atoms. The Balaban J connectivity index is 2.63. The fourth-order valence-corrected chi connectivity index (χ4v) is 2.55. The standard InChI is InChI=1S/C14H26N2O2/c1-14(2,3)12(15)11(17)9-5-4-6-10(8-7-9)13(16)18/h9-10,12H,4-8,15H2,1-3H3,(H2,16,18)/t9-,10-,12-/m1/s1. The summed E-state index contributed by atoms with van der Waals surface area (Å²) in [6.45, 7) is 5.95. The molecule has 0 saturated heterocycles. The number of hydrogen-bond acceptors (Lipinski definition) is 3. The highest BCUT2D eigenvalue weighted by atomic mass is 16.1. The number of carbonyl (C=O) groups excluding carboxylic acids is 2. The number of amides is 1. The fourth-order valence-electron chi connectivity index (χ4n) is 2.55. The second-order valence-electron chi connectivity index (χ2n) is 6.55. The summed E-state index contributed by atoms with van der Waals surface area (Å²) in [4.78, 5) is 23.5. The van der Waals surface area contributed by atoms with Crippen LogP contribution in [-0.2, 0) is 9.59 Å². The first-order chi connectivity index (χ1) is 8.23. The van der Waals surface area contributed by atoms with Crippen molar-refractivity contribution < 1.29 is 9.59 Å². The summed E-state index contributed by atoms with van der Waals surface area (Å²) >= 11 is 0. The second kappa shape index (κ2) is 5.83. The molecular weight excluding hydrogens is 228 g/mol. The minimum Gasteiger partial charge on any atom is -0.369 e. The van der Waals surface area contributed by atoms with Crippen LogP contribution in [0.15, 0.2) is 0 Å². The Hall–Kier alpha value is -0.900. The highest BCUT2D eigenvalue weighted by Crippen LogP contribution is 2.30. The van der Waals surface area contributed by atoms with Gasteiger partial charge in [-0.05, 0) is 31.1 Å². The Kier molecular flexibility index (Phi) is 4.91. The number of Topliss-reactive ketones (excluding diaryl/α,β-unsaturated/α-hetero) is 1. The lowest BCUT2D eigenvalue weighted by Gasteiger charge is -2.28. The quantitative estimate of drug-likeness (QED) is 0.750. The van der Waals surface area contributed by atoms with Gasteiger partial charge in [0.25, 0.3) is 0 Å². The number of carbonyl (C=O) groups is 2. The molecule has 3 atom stereocenters. The Morgan fingerprint density at radius 1 is 1.06 bits per heavy atom. The zero-order valence-electron chi connectivity index (χ0n) is 11.7. The van der Waals surface area contributed by atoms with Crippen LogP contribution in [-0.4, -0.2) is 17.7 Å². The van der Waals surface area contributed by atoms with Crippen molar-refractivity contribution in [2.24, 2.45) is 28.7 Å². The SMILES string of the molecule is CC(C)(C)[C@H](N)C(=O)[C@@H]1CCC[C@@H](C(N)=O)CC1. The van der Waals surface area contributed by atoms with Gasteiger partial charge in [0.1, 0.15) is 0 Å². The van der Waals surface area contributed by atoms with Crippen LogP contribution < -0.4 is 11.5 Å². The van der Waals surface area contributed by atoms with E-state index in [1.807, 2.05) is 20.8 Å².